The van der Waals surface area contributed by atoms with Gasteiger partial charge in [-0.25, -0.2) is 9.36 Å². The van der Waals surface area contributed by atoms with Crippen LogP contribution in [-0.2, 0) is 4.79 Å². The number of imide groups is 1. The number of fused-ring (bicyclic) bond motifs is 3. The van der Waals surface area contributed by atoms with Crippen molar-refractivity contribution in [3.8, 4) is 5.69 Å². The quantitative estimate of drug-likeness (QED) is 0.503. The lowest BCUT2D eigenvalue weighted by molar-refractivity contribution is -0.117. The van der Waals surface area contributed by atoms with E-state index in [-0.39, 0.29) is 11.3 Å². The van der Waals surface area contributed by atoms with E-state index in [0.717, 1.165) is 11.8 Å². The Kier molecular flexibility index (Phi) is 4.53. The lowest BCUT2D eigenvalue weighted by Gasteiger charge is -2.11. The standard InChI is InChI=1S/C18H14N6O3S/c19-16(27)20-14(25)10-28-18-22-21-17-23(11-6-2-1-3-7-11)15(26)12-8-4-5-9-13(12)24(17)18/h1-9H,10H2,(H3,19,20,25,27). The highest BCUT2D eigenvalue weighted by molar-refractivity contribution is 7.99. The highest BCUT2D eigenvalue weighted by Gasteiger charge is 2.18. The number of para-hydroxylation sites is 2. The molecule has 0 atom stereocenters. The van der Waals surface area contributed by atoms with E-state index in [0.29, 0.717) is 27.5 Å². The lowest BCUT2D eigenvalue weighted by atomic mass is 10.2. The Morgan fingerprint density at radius 1 is 1.04 bits per heavy atom. The molecule has 4 rings (SSSR count). The molecule has 140 valence electrons. The molecule has 10 heteroatoms. The molecular formula is C18H14N6O3S. The lowest BCUT2D eigenvalue weighted by Crippen LogP contribution is -2.36. The zero-order valence-corrected chi connectivity index (χ0v) is 15.2. The van der Waals surface area contributed by atoms with Gasteiger partial charge in [0, 0.05) is 0 Å². The van der Waals surface area contributed by atoms with Gasteiger partial charge in [0.25, 0.3) is 5.56 Å². The molecule has 0 saturated heterocycles. The fourth-order valence-electron chi connectivity index (χ4n) is 2.89. The van der Waals surface area contributed by atoms with Crippen molar-refractivity contribution in [3.05, 3.63) is 65.0 Å². The molecule has 0 fully saturated rings. The van der Waals surface area contributed by atoms with Crippen LogP contribution in [-0.4, -0.2) is 36.9 Å². The maximum absolute atomic E-state index is 13.1. The summed E-state index contributed by atoms with van der Waals surface area (Å²) in [7, 11) is 0. The molecule has 0 bridgehead atoms. The van der Waals surface area contributed by atoms with Gasteiger partial charge in [-0.1, -0.05) is 42.1 Å². The van der Waals surface area contributed by atoms with Crippen molar-refractivity contribution in [3.63, 3.8) is 0 Å². The molecule has 28 heavy (non-hydrogen) atoms. The highest BCUT2D eigenvalue weighted by atomic mass is 32.2. The number of nitrogens with one attached hydrogen (secondary N) is 1. The number of amides is 3. The average molecular weight is 394 g/mol. The molecule has 2 aromatic heterocycles. The molecule has 0 spiro atoms. The van der Waals surface area contributed by atoms with Crippen molar-refractivity contribution >= 4 is 40.4 Å². The van der Waals surface area contributed by atoms with Gasteiger partial charge in [-0.2, -0.15) is 0 Å². The molecule has 0 aliphatic rings. The molecule has 0 unspecified atom stereocenters. The van der Waals surface area contributed by atoms with E-state index in [9.17, 15) is 14.4 Å². The molecule has 9 nitrogen and oxygen atoms in total. The summed E-state index contributed by atoms with van der Waals surface area (Å²) in [5.74, 6) is -0.301. The largest absolute Gasteiger partial charge is 0.351 e. The number of aromatic nitrogens is 4. The minimum Gasteiger partial charge on any atom is -0.351 e. The maximum Gasteiger partial charge on any atom is 0.318 e. The number of urea groups is 1. The van der Waals surface area contributed by atoms with Crippen LogP contribution in [0.1, 0.15) is 0 Å². The number of nitrogens with two attached hydrogens (primary N) is 1. The Morgan fingerprint density at radius 2 is 1.75 bits per heavy atom. The zero-order chi connectivity index (χ0) is 19.7. The number of benzene rings is 2. The number of rotatable bonds is 4. The number of carbonyl (C=O) groups is 2. The predicted octanol–water partition coefficient (Wildman–Crippen LogP) is 1.32. The van der Waals surface area contributed by atoms with Gasteiger partial charge in [-0.05, 0) is 24.3 Å². The number of hydrogen-bond donors (Lipinski definition) is 2. The van der Waals surface area contributed by atoms with Crippen LogP contribution in [0.15, 0.2) is 64.5 Å². The van der Waals surface area contributed by atoms with Gasteiger partial charge in [0.05, 0.1) is 22.3 Å². The fourth-order valence-corrected chi connectivity index (χ4v) is 3.63. The van der Waals surface area contributed by atoms with Gasteiger partial charge in [0.1, 0.15) is 0 Å². The van der Waals surface area contributed by atoms with Crippen LogP contribution in [0.4, 0.5) is 4.79 Å². The molecule has 0 radical (unpaired) electrons. The zero-order valence-electron chi connectivity index (χ0n) is 14.4. The number of carbonyl (C=O) groups excluding carboxylic acids is 2. The topological polar surface area (TPSA) is 124 Å². The van der Waals surface area contributed by atoms with Crippen LogP contribution >= 0.6 is 11.8 Å². The predicted molar refractivity (Wildman–Crippen MR) is 105 cm³/mol. The monoisotopic (exact) mass is 394 g/mol. The van der Waals surface area contributed by atoms with Gasteiger partial charge in [0.15, 0.2) is 5.16 Å². The Hall–Kier alpha value is -3.66. The van der Waals surface area contributed by atoms with Gasteiger partial charge < -0.3 is 5.73 Å². The minimum absolute atomic E-state index is 0.0808. The van der Waals surface area contributed by atoms with Gasteiger partial charge in [-0.15, -0.1) is 10.2 Å². The third kappa shape index (κ3) is 3.09. The Balaban J connectivity index is 1.91. The first kappa shape index (κ1) is 17.7. The summed E-state index contributed by atoms with van der Waals surface area (Å²) in [5.41, 5.74) is 6.01. The van der Waals surface area contributed by atoms with E-state index in [2.05, 4.69) is 10.2 Å². The van der Waals surface area contributed by atoms with E-state index < -0.39 is 11.9 Å². The van der Waals surface area contributed by atoms with Crippen LogP contribution in [0, 0.1) is 0 Å². The van der Waals surface area contributed by atoms with Gasteiger partial charge >= 0.3 is 6.03 Å². The van der Waals surface area contributed by atoms with E-state index in [1.807, 2.05) is 29.6 Å². The molecule has 2 aromatic carbocycles. The maximum atomic E-state index is 13.1. The second kappa shape index (κ2) is 7.16. The van der Waals surface area contributed by atoms with Crippen molar-refractivity contribution in [1.82, 2.24) is 24.5 Å². The average Bonchev–Trinajstić information content (AvgIpc) is 3.11. The number of hydrogen-bond acceptors (Lipinski definition) is 6. The normalized spacial score (nSPS) is 11.0. The molecule has 3 amide bonds. The molecule has 0 saturated carbocycles. The molecule has 3 N–H and O–H groups in total. The summed E-state index contributed by atoms with van der Waals surface area (Å²) in [6, 6.07) is 15.3. The summed E-state index contributed by atoms with van der Waals surface area (Å²) >= 11 is 1.09. The molecular weight excluding hydrogens is 380 g/mol. The fraction of sp³-hybridized carbons (Fsp3) is 0.0556. The number of primary amides is 1. The summed E-state index contributed by atoms with van der Waals surface area (Å²) in [4.78, 5) is 35.7. The van der Waals surface area contributed by atoms with Crippen molar-refractivity contribution in [2.24, 2.45) is 5.73 Å². The van der Waals surface area contributed by atoms with E-state index in [4.69, 9.17) is 5.73 Å². The Bertz CT molecular complexity index is 1270. The van der Waals surface area contributed by atoms with E-state index in [1.165, 1.54) is 4.57 Å². The SMILES string of the molecule is NC(=O)NC(=O)CSc1nnc2n(-c3ccccc3)c(=O)c3ccccc3n12. The van der Waals surface area contributed by atoms with E-state index in [1.54, 1.807) is 34.7 Å². The molecule has 2 heterocycles. The minimum atomic E-state index is -0.917. The van der Waals surface area contributed by atoms with Crippen LogP contribution in [0.3, 0.4) is 0 Å². The van der Waals surface area contributed by atoms with Gasteiger partial charge in [0.2, 0.25) is 11.7 Å². The molecule has 0 aliphatic heterocycles. The molecule has 4 aromatic rings. The van der Waals surface area contributed by atoms with Crippen molar-refractivity contribution in [1.29, 1.82) is 0 Å². The second-order valence-corrected chi connectivity index (χ2v) is 6.75. The van der Waals surface area contributed by atoms with Crippen LogP contribution in [0.5, 0.6) is 0 Å². The first-order chi connectivity index (χ1) is 13.6. The summed E-state index contributed by atoms with van der Waals surface area (Å²) < 4.78 is 3.19. The van der Waals surface area contributed by atoms with E-state index >= 15 is 0 Å². The second-order valence-electron chi connectivity index (χ2n) is 5.81. The summed E-state index contributed by atoms with van der Waals surface area (Å²) in [5, 5.41) is 11.2. The van der Waals surface area contributed by atoms with Crippen molar-refractivity contribution < 1.29 is 9.59 Å². The Morgan fingerprint density at radius 3 is 2.50 bits per heavy atom. The third-order valence-electron chi connectivity index (χ3n) is 4.00. The van der Waals surface area contributed by atoms with Gasteiger partial charge in [-0.3, -0.25) is 19.3 Å². The number of nitrogens with zero attached hydrogens (tertiary/aromatic N) is 4. The highest BCUT2D eigenvalue weighted by Crippen LogP contribution is 2.22. The first-order valence-corrected chi connectivity index (χ1v) is 9.21. The Labute approximate surface area is 162 Å². The van der Waals surface area contributed by atoms with Crippen molar-refractivity contribution in [2.75, 3.05) is 5.75 Å². The number of thioether (sulfide) groups is 1. The van der Waals surface area contributed by atoms with Crippen LogP contribution in [0.2, 0.25) is 0 Å². The first-order valence-electron chi connectivity index (χ1n) is 8.22. The summed E-state index contributed by atoms with van der Waals surface area (Å²) in [6.07, 6.45) is 0. The third-order valence-corrected chi connectivity index (χ3v) is 4.93. The van der Waals surface area contributed by atoms with Crippen LogP contribution in [0.25, 0.3) is 22.4 Å². The summed E-state index contributed by atoms with van der Waals surface area (Å²) in [6.45, 7) is 0. The molecule has 0 aliphatic carbocycles. The van der Waals surface area contributed by atoms with Crippen molar-refractivity contribution in [2.45, 2.75) is 5.16 Å². The smallest absolute Gasteiger partial charge is 0.318 e. The van der Waals surface area contributed by atoms with Crippen LogP contribution < -0.4 is 16.6 Å².